The van der Waals surface area contributed by atoms with Gasteiger partial charge in [0.25, 0.3) is 0 Å². The molecule has 2 aliphatic rings. The number of benzene rings is 1. The Labute approximate surface area is 142 Å². The van der Waals surface area contributed by atoms with Gasteiger partial charge in [0.2, 0.25) is 11.7 Å². The van der Waals surface area contributed by atoms with Gasteiger partial charge in [0, 0.05) is 12.6 Å². The van der Waals surface area contributed by atoms with Crippen LogP contribution in [0.2, 0.25) is 0 Å². The minimum Gasteiger partial charge on any atom is -0.493 e. The van der Waals surface area contributed by atoms with Crippen LogP contribution in [-0.2, 0) is 11.3 Å². The monoisotopic (exact) mass is 334 g/mol. The molecule has 24 heavy (non-hydrogen) atoms. The van der Waals surface area contributed by atoms with Crippen LogP contribution < -0.4 is 25.3 Å². The third-order valence-electron chi connectivity index (χ3n) is 5.47. The Morgan fingerprint density at radius 3 is 2.25 bits per heavy atom. The number of rotatable bonds is 6. The Bertz CT molecular complexity index is 592. The Balaban J connectivity index is 1.69. The van der Waals surface area contributed by atoms with Crippen molar-refractivity contribution in [2.24, 2.45) is 23.5 Å². The summed E-state index contributed by atoms with van der Waals surface area (Å²) in [7, 11) is 4.72. The van der Waals surface area contributed by atoms with Crippen LogP contribution in [0.1, 0.15) is 24.8 Å². The minimum absolute atomic E-state index is 0.00342. The van der Waals surface area contributed by atoms with E-state index in [1.54, 1.807) is 21.3 Å². The molecule has 4 atom stereocenters. The fraction of sp³-hybridized carbons (Fsp3) is 0.611. The molecular formula is C18H26N2O4. The van der Waals surface area contributed by atoms with Crippen LogP contribution in [0.15, 0.2) is 12.1 Å². The largest absolute Gasteiger partial charge is 0.493 e. The molecule has 0 saturated heterocycles. The number of hydrogen-bond acceptors (Lipinski definition) is 5. The molecule has 0 heterocycles. The quantitative estimate of drug-likeness (QED) is 0.827. The summed E-state index contributed by atoms with van der Waals surface area (Å²) in [6.45, 7) is 0.413. The summed E-state index contributed by atoms with van der Waals surface area (Å²) in [5.74, 6) is 2.69. The molecule has 6 heteroatoms. The van der Waals surface area contributed by atoms with Gasteiger partial charge in [-0.1, -0.05) is 0 Å². The van der Waals surface area contributed by atoms with Gasteiger partial charge in [-0.3, -0.25) is 4.79 Å². The lowest BCUT2D eigenvalue weighted by Gasteiger charge is -2.27. The van der Waals surface area contributed by atoms with Crippen molar-refractivity contribution in [2.45, 2.75) is 31.8 Å². The summed E-state index contributed by atoms with van der Waals surface area (Å²) < 4.78 is 16.0. The van der Waals surface area contributed by atoms with E-state index < -0.39 is 0 Å². The predicted octanol–water partition coefficient (Wildman–Crippen LogP) is 1.70. The van der Waals surface area contributed by atoms with Crippen LogP contribution in [0.4, 0.5) is 0 Å². The molecule has 0 radical (unpaired) electrons. The Morgan fingerprint density at radius 1 is 1.12 bits per heavy atom. The van der Waals surface area contributed by atoms with Crippen LogP contribution >= 0.6 is 0 Å². The molecule has 1 aromatic rings. The van der Waals surface area contributed by atoms with Crippen LogP contribution in [0, 0.1) is 17.8 Å². The predicted molar refractivity (Wildman–Crippen MR) is 90.2 cm³/mol. The van der Waals surface area contributed by atoms with Crippen molar-refractivity contribution in [1.82, 2.24) is 5.32 Å². The third-order valence-corrected chi connectivity index (χ3v) is 5.47. The maximum atomic E-state index is 12.6. The maximum Gasteiger partial charge on any atom is 0.225 e. The average molecular weight is 334 g/mol. The summed E-state index contributed by atoms with van der Waals surface area (Å²) in [5.41, 5.74) is 7.14. The molecular weight excluding hydrogens is 308 g/mol. The van der Waals surface area contributed by atoms with E-state index >= 15 is 0 Å². The van der Waals surface area contributed by atoms with E-state index in [1.807, 2.05) is 12.1 Å². The van der Waals surface area contributed by atoms with Gasteiger partial charge in [-0.25, -0.2) is 0 Å². The summed E-state index contributed by atoms with van der Waals surface area (Å²) >= 11 is 0. The zero-order valence-electron chi connectivity index (χ0n) is 14.5. The number of hydrogen-bond donors (Lipinski definition) is 2. The lowest BCUT2D eigenvalue weighted by Crippen LogP contribution is -2.45. The normalized spacial score (nSPS) is 27.8. The first-order valence-electron chi connectivity index (χ1n) is 8.41. The van der Waals surface area contributed by atoms with Gasteiger partial charge in [-0.05, 0) is 48.8 Å². The number of nitrogens with two attached hydrogens (primary N) is 1. The lowest BCUT2D eigenvalue weighted by atomic mass is 9.84. The minimum atomic E-state index is -0.0502. The van der Waals surface area contributed by atoms with Gasteiger partial charge in [-0.15, -0.1) is 0 Å². The van der Waals surface area contributed by atoms with Crippen molar-refractivity contribution in [3.63, 3.8) is 0 Å². The molecule has 1 aromatic carbocycles. The number of amides is 1. The first-order valence-corrected chi connectivity index (χ1v) is 8.41. The van der Waals surface area contributed by atoms with E-state index in [1.165, 1.54) is 6.42 Å². The van der Waals surface area contributed by atoms with Gasteiger partial charge < -0.3 is 25.3 Å². The molecule has 0 spiro atoms. The summed E-state index contributed by atoms with van der Waals surface area (Å²) in [5, 5.41) is 3.03. The molecule has 3 N–H and O–H groups in total. The molecule has 4 unspecified atom stereocenters. The number of fused-ring (bicyclic) bond motifs is 2. The van der Waals surface area contributed by atoms with E-state index in [4.69, 9.17) is 19.9 Å². The van der Waals surface area contributed by atoms with Crippen molar-refractivity contribution in [1.29, 1.82) is 0 Å². The summed E-state index contributed by atoms with van der Waals surface area (Å²) in [6, 6.07) is 3.70. The van der Waals surface area contributed by atoms with Gasteiger partial charge in [0.05, 0.1) is 27.2 Å². The number of nitrogens with one attached hydrogen (secondary N) is 1. The fourth-order valence-corrected chi connectivity index (χ4v) is 4.27. The Hall–Kier alpha value is -1.95. The topological polar surface area (TPSA) is 82.8 Å². The van der Waals surface area contributed by atoms with Crippen molar-refractivity contribution >= 4 is 5.91 Å². The molecule has 2 bridgehead atoms. The average Bonchev–Trinajstić information content (AvgIpc) is 3.19. The zero-order valence-corrected chi connectivity index (χ0v) is 14.5. The molecule has 0 aliphatic heterocycles. The van der Waals surface area contributed by atoms with E-state index in [0.717, 1.165) is 18.4 Å². The highest BCUT2D eigenvalue weighted by atomic mass is 16.5. The molecule has 1 amide bonds. The molecule has 2 saturated carbocycles. The maximum absolute atomic E-state index is 12.6. The Kier molecular flexibility index (Phi) is 4.85. The highest BCUT2D eigenvalue weighted by molar-refractivity contribution is 5.80. The van der Waals surface area contributed by atoms with Crippen LogP contribution in [0.5, 0.6) is 17.2 Å². The first kappa shape index (κ1) is 16.9. The highest BCUT2D eigenvalue weighted by Gasteiger charge is 2.48. The highest BCUT2D eigenvalue weighted by Crippen LogP contribution is 2.47. The van der Waals surface area contributed by atoms with Crippen molar-refractivity contribution < 1.29 is 19.0 Å². The number of methoxy groups -OCH3 is 3. The molecule has 2 fully saturated rings. The van der Waals surface area contributed by atoms with E-state index in [-0.39, 0.29) is 17.9 Å². The first-order chi connectivity index (χ1) is 11.6. The second kappa shape index (κ2) is 6.89. The molecule has 132 valence electrons. The lowest BCUT2D eigenvalue weighted by molar-refractivity contribution is -0.127. The smallest absolute Gasteiger partial charge is 0.225 e. The van der Waals surface area contributed by atoms with Crippen molar-refractivity contribution in [3.05, 3.63) is 17.7 Å². The van der Waals surface area contributed by atoms with Crippen LogP contribution in [-0.4, -0.2) is 33.3 Å². The van der Waals surface area contributed by atoms with Crippen LogP contribution in [0.3, 0.4) is 0 Å². The molecule has 3 rings (SSSR count). The third kappa shape index (κ3) is 2.90. The van der Waals surface area contributed by atoms with Gasteiger partial charge in [0.15, 0.2) is 11.5 Å². The van der Waals surface area contributed by atoms with Crippen molar-refractivity contribution in [2.75, 3.05) is 21.3 Å². The van der Waals surface area contributed by atoms with E-state index in [2.05, 4.69) is 5.32 Å². The second-order valence-electron chi connectivity index (χ2n) is 6.69. The number of carbonyl (C=O) groups is 1. The summed E-state index contributed by atoms with van der Waals surface area (Å²) in [4.78, 5) is 12.6. The van der Waals surface area contributed by atoms with E-state index in [0.29, 0.717) is 35.6 Å². The Morgan fingerprint density at radius 2 is 1.75 bits per heavy atom. The van der Waals surface area contributed by atoms with Gasteiger partial charge >= 0.3 is 0 Å². The van der Waals surface area contributed by atoms with Crippen LogP contribution in [0.25, 0.3) is 0 Å². The summed E-state index contributed by atoms with van der Waals surface area (Å²) in [6.07, 6.45) is 3.40. The van der Waals surface area contributed by atoms with Crippen molar-refractivity contribution in [3.8, 4) is 17.2 Å². The molecule has 2 aliphatic carbocycles. The standard InChI is InChI=1S/C18H26N2O4/c1-22-13-6-10(7-14(23-2)17(13)24-3)9-20-18(21)15-11-4-5-12(8-11)16(15)19/h6-7,11-12,15-16H,4-5,8-9,19H2,1-3H3,(H,20,21). The van der Waals surface area contributed by atoms with Gasteiger partial charge in [-0.2, -0.15) is 0 Å². The fourth-order valence-electron chi connectivity index (χ4n) is 4.27. The SMILES string of the molecule is COc1cc(CNC(=O)C2C3CCC(C3)C2N)cc(OC)c1OC. The number of ether oxygens (including phenoxy) is 3. The number of carbonyl (C=O) groups excluding carboxylic acids is 1. The molecule has 6 nitrogen and oxygen atoms in total. The molecule has 0 aromatic heterocycles. The second-order valence-corrected chi connectivity index (χ2v) is 6.69. The van der Waals surface area contributed by atoms with Gasteiger partial charge in [0.1, 0.15) is 0 Å². The zero-order chi connectivity index (χ0) is 17.3. The van der Waals surface area contributed by atoms with E-state index in [9.17, 15) is 4.79 Å².